The van der Waals surface area contributed by atoms with E-state index in [-0.39, 0.29) is 17.8 Å². The summed E-state index contributed by atoms with van der Waals surface area (Å²) in [6.45, 7) is 1.90. The summed E-state index contributed by atoms with van der Waals surface area (Å²) >= 11 is 0. The molecule has 1 aliphatic carbocycles. The van der Waals surface area contributed by atoms with E-state index in [1.165, 1.54) is 7.11 Å². The number of aliphatic hydroxyl groups is 4. The molecule has 6 unspecified atom stereocenters. The van der Waals surface area contributed by atoms with Crippen molar-refractivity contribution in [3.05, 3.63) is 24.3 Å². The van der Waals surface area contributed by atoms with Crippen LogP contribution in [0.3, 0.4) is 0 Å². The van der Waals surface area contributed by atoms with Crippen LogP contribution in [-0.4, -0.2) is 57.9 Å². The molecule has 0 amide bonds. The Bertz CT molecular complexity index is 475. The number of rotatable bonds is 12. The minimum Gasteiger partial charge on any atom is -0.469 e. The van der Waals surface area contributed by atoms with Crippen LogP contribution in [0.4, 0.5) is 0 Å². The molecule has 1 aliphatic rings. The van der Waals surface area contributed by atoms with Gasteiger partial charge in [0.25, 0.3) is 0 Å². The molecule has 6 heteroatoms. The van der Waals surface area contributed by atoms with E-state index in [0.29, 0.717) is 38.5 Å². The molecule has 0 saturated heterocycles. The van der Waals surface area contributed by atoms with Gasteiger partial charge in [0.2, 0.25) is 0 Å². The molecule has 0 spiro atoms. The van der Waals surface area contributed by atoms with Crippen molar-refractivity contribution in [2.45, 2.75) is 82.7 Å². The van der Waals surface area contributed by atoms with Gasteiger partial charge in [0.05, 0.1) is 31.5 Å². The van der Waals surface area contributed by atoms with Gasteiger partial charge in [-0.05, 0) is 44.4 Å². The Labute approximate surface area is 162 Å². The van der Waals surface area contributed by atoms with E-state index in [1.54, 1.807) is 12.2 Å². The third kappa shape index (κ3) is 9.02. The summed E-state index contributed by atoms with van der Waals surface area (Å²) in [4.78, 5) is 11.1. The number of esters is 1. The second-order valence-electron chi connectivity index (χ2n) is 7.38. The molecule has 4 N–H and O–H groups in total. The van der Waals surface area contributed by atoms with Crippen LogP contribution in [0.5, 0.6) is 0 Å². The van der Waals surface area contributed by atoms with Crippen molar-refractivity contribution in [3.63, 3.8) is 0 Å². The number of ether oxygens (including phenoxy) is 1. The van der Waals surface area contributed by atoms with Gasteiger partial charge in [-0.15, -0.1) is 0 Å². The Balaban J connectivity index is 2.47. The number of unbranched alkanes of at least 4 members (excludes halogenated alkanes) is 1. The summed E-state index contributed by atoms with van der Waals surface area (Å²) in [6, 6.07) is 0. The molecule has 27 heavy (non-hydrogen) atoms. The maximum absolute atomic E-state index is 11.1. The Morgan fingerprint density at radius 2 is 1.93 bits per heavy atom. The van der Waals surface area contributed by atoms with Crippen molar-refractivity contribution < 1.29 is 30.0 Å². The third-order valence-corrected chi connectivity index (χ3v) is 5.29. The van der Waals surface area contributed by atoms with E-state index in [9.17, 15) is 25.2 Å². The van der Waals surface area contributed by atoms with Gasteiger partial charge in [0.15, 0.2) is 0 Å². The van der Waals surface area contributed by atoms with Crippen LogP contribution in [0.25, 0.3) is 0 Å². The number of hydrogen-bond donors (Lipinski definition) is 4. The molecule has 0 bridgehead atoms. The molecular weight excluding hydrogens is 348 g/mol. The lowest BCUT2D eigenvalue weighted by atomic mass is 9.89. The van der Waals surface area contributed by atoms with Crippen molar-refractivity contribution in [3.8, 4) is 0 Å². The minimum absolute atomic E-state index is 0.0958. The zero-order valence-electron chi connectivity index (χ0n) is 16.5. The third-order valence-electron chi connectivity index (χ3n) is 5.29. The number of methoxy groups -OCH3 is 1. The zero-order valence-corrected chi connectivity index (χ0v) is 16.5. The first kappa shape index (κ1) is 23.8. The molecule has 6 nitrogen and oxygen atoms in total. The fourth-order valence-corrected chi connectivity index (χ4v) is 3.46. The molecule has 6 atom stereocenters. The molecule has 0 aromatic carbocycles. The lowest BCUT2D eigenvalue weighted by Gasteiger charge is -2.19. The fraction of sp³-hybridized carbons (Fsp3) is 0.762. The van der Waals surface area contributed by atoms with Gasteiger partial charge in [0.1, 0.15) is 0 Å². The highest BCUT2D eigenvalue weighted by atomic mass is 16.5. The summed E-state index contributed by atoms with van der Waals surface area (Å²) in [7, 11) is 1.38. The Hall–Kier alpha value is -1.21. The van der Waals surface area contributed by atoms with Crippen LogP contribution in [-0.2, 0) is 9.53 Å². The quantitative estimate of drug-likeness (QED) is 0.233. The van der Waals surface area contributed by atoms with Gasteiger partial charge in [-0.1, -0.05) is 31.2 Å². The standard InChI is InChI=1S/C21H36O6/c1-3-15(22)10-11-16(23)12-13-18-17(19(24)14-20(18)25)8-6-4-5-7-9-21(26)27-2/h4,6,12-13,15-20,22-25H,3,5,7-11,14H2,1-2H3/b6-4+,13-12+. The van der Waals surface area contributed by atoms with E-state index in [0.717, 1.165) is 12.8 Å². The van der Waals surface area contributed by atoms with E-state index < -0.39 is 24.4 Å². The number of carbonyl (C=O) groups is 1. The van der Waals surface area contributed by atoms with Crippen molar-refractivity contribution in [1.29, 1.82) is 0 Å². The summed E-state index contributed by atoms with van der Waals surface area (Å²) < 4.78 is 4.60. The Kier molecular flexibility index (Phi) is 11.5. The van der Waals surface area contributed by atoms with Crippen molar-refractivity contribution >= 4 is 5.97 Å². The molecule has 1 fully saturated rings. The Morgan fingerprint density at radius 3 is 2.59 bits per heavy atom. The maximum Gasteiger partial charge on any atom is 0.305 e. The van der Waals surface area contributed by atoms with E-state index in [1.807, 2.05) is 19.1 Å². The van der Waals surface area contributed by atoms with Crippen molar-refractivity contribution in [1.82, 2.24) is 0 Å². The largest absolute Gasteiger partial charge is 0.469 e. The number of carbonyl (C=O) groups excluding carboxylic acids is 1. The minimum atomic E-state index is -0.661. The normalized spacial score (nSPS) is 28.1. The van der Waals surface area contributed by atoms with Crippen LogP contribution < -0.4 is 0 Å². The lowest BCUT2D eigenvalue weighted by molar-refractivity contribution is -0.140. The summed E-state index contributed by atoms with van der Waals surface area (Å²) in [6.07, 6.45) is 9.71. The van der Waals surface area contributed by atoms with Crippen molar-refractivity contribution in [2.24, 2.45) is 11.8 Å². The summed E-state index contributed by atoms with van der Waals surface area (Å²) in [5, 5.41) is 40.0. The Morgan fingerprint density at radius 1 is 1.19 bits per heavy atom. The van der Waals surface area contributed by atoms with E-state index in [2.05, 4.69) is 4.74 Å². The van der Waals surface area contributed by atoms with E-state index >= 15 is 0 Å². The van der Waals surface area contributed by atoms with Crippen LogP contribution in [0.15, 0.2) is 24.3 Å². The lowest BCUT2D eigenvalue weighted by Crippen LogP contribution is -2.20. The van der Waals surface area contributed by atoms with Gasteiger partial charge < -0.3 is 25.2 Å². The molecule has 0 aromatic heterocycles. The van der Waals surface area contributed by atoms with Crippen LogP contribution in [0, 0.1) is 11.8 Å². The van der Waals surface area contributed by atoms with Crippen LogP contribution in [0.1, 0.15) is 58.3 Å². The molecule has 0 radical (unpaired) electrons. The highest BCUT2D eigenvalue weighted by Gasteiger charge is 2.39. The van der Waals surface area contributed by atoms with Gasteiger partial charge in [-0.2, -0.15) is 0 Å². The maximum atomic E-state index is 11.1. The number of hydrogen-bond acceptors (Lipinski definition) is 6. The second-order valence-corrected chi connectivity index (χ2v) is 7.38. The first-order chi connectivity index (χ1) is 12.9. The number of aliphatic hydroxyl groups excluding tert-OH is 4. The monoisotopic (exact) mass is 384 g/mol. The summed E-state index contributed by atoms with van der Waals surface area (Å²) in [5.41, 5.74) is 0. The van der Waals surface area contributed by atoms with Gasteiger partial charge in [-0.3, -0.25) is 4.79 Å². The highest BCUT2D eigenvalue weighted by Crippen LogP contribution is 2.36. The van der Waals surface area contributed by atoms with Gasteiger partial charge in [0, 0.05) is 18.8 Å². The van der Waals surface area contributed by atoms with Crippen molar-refractivity contribution in [2.75, 3.05) is 7.11 Å². The van der Waals surface area contributed by atoms with Crippen LogP contribution >= 0.6 is 0 Å². The number of allylic oxidation sites excluding steroid dienone is 2. The van der Waals surface area contributed by atoms with Gasteiger partial charge >= 0.3 is 5.97 Å². The predicted molar refractivity (Wildman–Crippen MR) is 104 cm³/mol. The smallest absolute Gasteiger partial charge is 0.305 e. The molecule has 0 aliphatic heterocycles. The fourth-order valence-electron chi connectivity index (χ4n) is 3.46. The first-order valence-electron chi connectivity index (χ1n) is 10.0. The molecular formula is C21H36O6. The van der Waals surface area contributed by atoms with Crippen LogP contribution in [0.2, 0.25) is 0 Å². The topological polar surface area (TPSA) is 107 Å². The molecule has 0 heterocycles. The SMILES string of the molecule is CCC(O)CCC(O)/C=C/C1C(O)CC(O)C1C/C=C/CCCC(=O)OC. The molecule has 0 aromatic rings. The average molecular weight is 385 g/mol. The first-order valence-corrected chi connectivity index (χ1v) is 10.0. The second kappa shape index (κ2) is 13.0. The molecule has 1 saturated carbocycles. The molecule has 156 valence electrons. The zero-order chi connectivity index (χ0) is 20.2. The van der Waals surface area contributed by atoms with E-state index in [4.69, 9.17) is 0 Å². The molecule has 1 rings (SSSR count). The van der Waals surface area contributed by atoms with Gasteiger partial charge in [-0.25, -0.2) is 0 Å². The predicted octanol–water partition coefficient (Wildman–Crippen LogP) is 2.10. The average Bonchev–Trinajstić information content (AvgIpc) is 2.92. The highest BCUT2D eigenvalue weighted by molar-refractivity contribution is 5.69. The summed E-state index contributed by atoms with van der Waals surface area (Å²) in [5.74, 6) is -0.514.